The van der Waals surface area contributed by atoms with E-state index in [-0.39, 0.29) is 6.04 Å². The van der Waals surface area contributed by atoms with Gasteiger partial charge in [0.1, 0.15) is 16.9 Å². The van der Waals surface area contributed by atoms with Gasteiger partial charge in [-0.3, -0.25) is 0 Å². The molecule has 174 valence electrons. The van der Waals surface area contributed by atoms with E-state index in [0.29, 0.717) is 11.8 Å². The third-order valence-electron chi connectivity index (χ3n) is 7.46. The second kappa shape index (κ2) is 8.20. The van der Waals surface area contributed by atoms with Crippen molar-refractivity contribution >= 4 is 51.0 Å². The SMILES string of the molecule is Cc1c([N+]2=CN=CC2c2c(C(C)C)cccc2C(C)C)ccc2c1oc1c3ccccc3ccc21. The Kier molecular flexibility index (Phi) is 5.10. The number of hydrogen-bond donors (Lipinski definition) is 0. The van der Waals surface area contributed by atoms with Gasteiger partial charge in [0.15, 0.2) is 12.3 Å². The molecule has 0 radical (unpaired) electrons. The lowest BCUT2D eigenvalue weighted by Gasteiger charge is -2.23. The van der Waals surface area contributed by atoms with Crippen LogP contribution in [0.5, 0.6) is 0 Å². The van der Waals surface area contributed by atoms with E-state index >= 15 is 0 Å². The van der Waals surface area contributed by atoms with Crippen molar-refractivity contribution in [3.05, 3.63) is 89.0 Å². The molecule has 5 aromatic rings. The molecule has 3 nitrogen and oxygen atoms in total. The molecule has 6 rings (SSSR count). The molecule has 3 heteroatoms. The van der Waals surface area contributed by atoms with E-state index in [1.165, 1.54) is 27.5 Å². The van der Waals surface area contributed by atoms with Gasteiger partial charge in [0, 0.05) is 27.3 Å². The van der Waals surface area contributed by atoms with Crippen LogP contribution in [-0.2, 0) is 0 Å². The Labute approximate surface area is 206 Å². The quantitative estimate of drug-likeness (QED) is 0.247. The maximum atomic E-state index is 6.58. The van der Waals surface area contributed by atoms with Crippen molar-refractivity contribution in [1.82, 2.24) is 0 Å². The van der Waals surface area contributed by atoms with Gasteiger partial charge in [0.2, 0.25) is 0 Å². The van der Waals surface area contributed by atoms with Crippen LogP contribution in [-0.4, -0.2) is 17.1 Å². The number of benzene rings is 4. The molecule has 0 bridgehead atoms. The summed E-state index contributed by atoms with van der Waals surface area (Å²) in [5, 5.41) is 4.68. The predicted molar refractivity (Wildman–Crippen MR) is 148 cm³/mol. The average molecular weight is 460 g/mol. The monoisotopic (exact) mass is 459 g/mol. The largest absolute Gasteiger partial charge is 0.455 e. The summed E-state index contributed by atoms with van der Waals surface area (Å²) in [6, 6.07) is 24.0. The number of furan rings is 1. The van der Waals surface area contributed by atoms with Gasteiger partial charge in [-0.15, -0.1) is 0 Å². The second-order valence-electron chi connectivity index (χ2n) is 10.3. The first kappa shape index (κ1) is 21.8. The average Bonchev–Trinajstić information content (AvgIpc) is 3.49. The summed E-state index contributed by atoms with van der Waals surface area (Å²) in [5.74, 6) is 0.874. The molecule has 0 saturated carbocycles. The zero-order valence-electron chi connectivity index (χ0n) is 21.0. The number of nitrogens with zero attached hydrogens (tertiary/aromatic N) is 2. The Hall–Kier alpha value is -3.72. The normalized spacial score (nSPS) is 15.9. The van der Waals surface area contributed by atoms with Gasteiger partial charge in [-0.1, -0.05) is 81.2 Å². The fourth-order valence-electron chi connectivity index (χ4n) is 5.68. The molecule has 1 aromatic heterocycles. The predicted octanol–water partition coefficient (Wildman–Crippen LogP) is 8.79. The molecular weight excluding hydrogens is 428 g/mol. The molecular formula is C32H31N2O+. The van der Waals surface area contributed by atoms with E-state index < -0.39 is 0 Å². The summed E-state index contributed by atoms with van der Waals surface area (Å²) >= 11 is 0. The minimum atomic E-state index is 0.0624. The maximum absolute atomic E-state index is 6.58. The lowest BCUT2D eigenvalue weighted by atomic mass is 9.85. The van der Waals surface area contributed by atoms with Gasteiger partial charge < -0.3 is 4.42 Å². The highest BCUT2D eigenvalue weighted by Gasteiger charge is 2.32. The molecule has 0 fully saturated rings. The van der Waals surface area contributed by atoms with E-state index in [4.69, 9.17) is 4.42 Å². The van der Waals surface area contributed by atoms with Crippen LogP contribution < -0.4 is 0 Å². The van der Waals surface area contributed by atoms with Crippen LogP contribution in [0.25, 0.3) is 32.7 Å². The van der Waals surface area contributed by atoms with Crippen molar-refractivity contribution in [2.24, 2.45) is 4.99 Å². The molecule has 0 amide bonds. The molecule has 4 aromatic carbocycles. The summed E-state index contributed by atoms with van der Waals surface area (Å²) in [5.41, 5.74) is 8.35. The first-order valence-electron chi connectivity index (χ1n) is 12.6. The van der Waals surface area contributed by atoms with Gasteiger partial charge in [-0.05, 0) is 53.5 Å². The van der Waals surface area contributed by atoms with Gasteiger partial charge in [-0.25, -0.2) is 4.58 Å². The van der Waals surface area contributed by atoms with Crippen molar-refractivity contribution in [3.8, 4) is 0 Å². The molecule has 2 heterocycles. The van der Waals surface area contributed by atoms with Crippen molar-refractivity contribution in [2.75, 3.05) is 0 Å². The maximum Gasteiger partial charge on any atom is 0.287 e. The molecule has 35 heavy (non-hydrogen) atoms. The number of aryl methyl sites for hydroxylation is 1. The smallest absolute Gasteiger partial charge is 0.287 e. The van der Waals surface area contributed by atoms with Crippen LogP contribution >= 0.6 is 0 Å². The van der Waals surface area contributed by atoms with Gasteiger partial charge in [-0.2, -0.15) is 0 Å². The van der Waals surface area contributed by atoms with E-state index in [0.717, 1.165) is 33.2 Å². The molecule has 1 aliphatic rings. The molecule has 0 aliphatic carbocycles. The Bertz CT molecular complexity index is 1640. The molecule has 1 aliphatic heterocycles. The van der Waals surface area contributed by atoms with E-state index in [1.54, 1.807) is 0 Å². The number of rotatable bonds is 4. The van der Waals surface area contributed by atoms with Crippen molar-refractivity contribution in [1.29, 1.82) is 0 Å². The zero-order chi connectivity index (χ0) is 24.3. The Morgan fingerprint density at radius 1 is 0.743 bits per heavy atom. The highest BCUT2D eigenvalue weighted by atomic mass is 16.3. The summed E-state index contributed by atoms with van der Waals surface area (Å²) in [7, 11) is 0. The summed E-state index contributed by atoms with van der Waals surface area (Å²) in [6.07, 6.45) is 4.06. The van der Waals surface area contributed by atoms with Gasteiger partial charge in [0.05, 0.1) is 0 Å². The molecule has 0 N–H and O–H groups in total. The van der Waals surface area contributed by atoms with E-state index in [9.17, 15) is 0 Å². The third-order valence-corrected chi connectivity index (χ3v) is 7.46. The van der Waals surface area contributed by atoms with E-state index in [1.807, 2.05) is 6.34 Å². The Balaban J connectivity index is 1.54. The first-order valence-corrected chi connectivity index (χ1v) is 12.6. The molecule has 1 unspecified atom stereocenters. The second-order valence-corrected chi connectivity index (χ2v) is 10.3. The minimum absolute atomic E-state index is 0.0624. The van der Waals surface area contributed by atoms with Crippen molar-refractivity contribution in [2.45, 2.75) is 52.5 Å². The highest BCUT2D eigenvalue weighted by Crippen LogP contribution is 2.41. The fraction of sp³-hybridized carbons (Fsp3) is 0.250. The van der Waals surface area contributed by atoms with Gasteiger partial charge in [0.25, 0.3) is 6.34 Å². The molecule has 1 atom stereocenters. The standard InChI is InChI=1S/C32H31N2O/c1-19(2)23-11-8-12-24(20(3)4)30(23)29-17-33-18-34(29)28-16-15-26-27-14-13-22-9-6-7-10-25(22)32(27)35-31(26)21(28)5/h6-20,29H,1-5H3/q+1. The summed E-state index contributed by atoms with van der Waals surface area (Å²) in [6.45, 7) is 11.3. The fourth-order valence-corrected chi connectivity index (χ4v) is 5.68. The van der Waals surface area contributed by atoms with Crippen LogP contribution in [0.15, 0.2) is 76.1 Å². The van der Waals surface area contributed by atoms with Crippen LogP contribution in [0.2, 0.25) is 0 Å². The Morgan fingerprint density at radius 3 is 2.17 bits per heavy atom. The summed E-state index contributed by atoms with van der Waals surface area (Å²) < 4.78 is 8.89. The van der Waals surface area contributed by atoms with Gasteiger partial charge >= 0.3 is 0 Å². The number of hydrogen-bond acceptors (Lipinski definition) is 2. The van der Waals surface area contributed by atoms with Crippen LogP contribution in [0.4, 0.5) is 5.69 Å². The van der Waals surface area contributed by atoms with Crippen LogP contribution in [0.3, 0.4) is 0 Å². The zero-order valence-corrected chi connectivity index (χ0v) is 21.0. The molecule has 0 saturated heterocycles. The Morgan fingerprint density at radius 2 is 1.43 bits per heavy atom. The minimum Gasteiger partial charge on any atom is -0.455 e. The number of fused-ring (bicyclic) bond motifs is 5. The molecule has 0 spiro atoms. The van der Waals surface area contributed by atoms with E-state index in [2.05, 4.69) is 117 Å². The van der Waals surface area contributed by atoms with Crippen molar-refractivity contribution in [3.63, 3.8) is 0 Å². The third kappa shape index (κ3) is 3.33. The van der Waals surface area contributed by atoms with Crippen molar-refractivity contribution < 1.29 is 8.99 Å². The first-order chi connectivity index (χ1) is 17.0. The lowest BCUT2D eigenvalue weighted by molar-refractivity contribution is -0.461. The lowest BCUT2D eigenvalue weighted by Crippen LogP contribution is -2.18. The number of aliphatic imine (C=N–C) groups is 1. The summed E-state index contributed by atoms with van der Waals surface area (Å²) in [4.78, 5) is 4.65. The van der Waals surface area contributed by atoms with Crippen LogP contribution in [0.1, 0.15) is 67.8 Å². The topological polar surface area (TPSA) is 28.5 Å². The van der Waals surface area contributed by atoms with Crippen LogP contribution in [0, 0.1) is 6.92 Å². The highest BCUT2D eigenvalue weighted by molar-refractivity contribution is 6.15.